The molecule has 0 saturated heterocycles. The Balaban J connectivity index is 0.000000171. The number of hydrogen-bond acceptors (Lipinski definition) is 8. The lowest BCUT2D eigenvalue weighted by molar-refractivity contribution is 0.111. The van der Waals surface area contributed by atoms with Crippen LogP contribution in [-0.4, -0.2) is 27.6 Å². The van der Waals surface area contributed by atoms with Gasteiger partial charge < -0.3 is 18.7 Å². The minimum Gasteiger partial charge on any atom is -0.508 e. The number of aromatic nitrogens is 2. The third-order valence-electron chi connectivity index (χ3n) is 6.37. The van der Waals surface area contributed by atoms with Gasteiger partial charge in [-0.1, -0.05) is 36.4 Å². The van der Waals surface area contributed by atoms with Gasteiger partial charge in [-0.3, -0.25) is 9.59 Å². The van der Waals surface area contributed by atoms with Gasteiger partial charge in [-0.15, -0.1) is 11.6 Å². The molecule has 0 aliphatic rings. The molecule has 9 heteroatoms. The number of alkyl halides is 1. The van der Waals surface area contributed by atoms with Gasteiger partial charge in [0.2, 0.25) is 11.8 Å². The lowest BCUT2D eigenvalue weighted by atomic mass is 10.2. The number of rotatable bonds is 8. The molecule has 45 heavy (non-hydrogen) atoms. The van der Waals surface area contributed by atoms with Crippen molar-refractivity contribution in [3.8, 4) is 34.4 Å². The molecule has 0 spiro atoms. The van der Waals surface area contributed by atoms with Crippen LogP contribution in [0.4, 0.5) is 0 Å². The van der Waals surface area contributed by atoms with Gasteiger partial charge in [0, 0.05) is 22.3 Å². The highest BCUT2D eigenvalue weighted by Gasteiger charge is 2.12. The van der Waals surface area contributed by atoms with Crippen LogP contribution < -0.4 is 4.74 Å². The summed E-state index contributed by atoms with van der Waals surface area (Å²) in [7, 11) is 0. The van der Waals surface area contributed by atoms with Gasteiger partial charge >= 0.3 is 0 Å². The predicted octanol–water partition coefficient (Wildman–Crippen LogP) is 8.64. The molecule has 0 aliphatic carbocycles. The Labute approximate surface area is 265 Å². The Morgan fingerprint density at radius 1 is 0.667 bits per heavy atom. The van der Waals surface area contributed by atoms with E-state index in [-0.39, 0.29) is 5.75 Å². The number of halogens is 1. The number of aldehydes is 2. The molecule has 0 aliphatic heterocycles. The quantitative estimate of drug-likeness (QED) is 0.132. The van der Waals surface area contributed by atoms with Crippen molar-refractivity contribution in [3.63, 3.8) is 0 Å². The number of aromatic hydroxyl groups is 1. The molecule has 6 rings (SSSR count). The Hall–Kier alpha value is -5.47. The number of benzene rings is 4. The molecule has 6 aromatic rings. The number of ether oxygens (including phenoxy) is 1. The lowest BCUT2D eigenvalue weighted by Crippen LogP contribution is -1.97. The molecule has 1 N–H and O–H groups in total. The van der Waals surface area contributed by atoms with Gasteiger partial charge in [0.15, 0.2) is 0 Å². The van der Waals surface area contributed by atoms with Crippen molar-refractivity contribution in [2.75, 3.05) is 0 Å². The maximum atomic E-state index is 10.6. The number of phenols is 1. The molecule has 0 atom stereocenters. The zero-order chi connectivity index (χ0) is 32.0. The molecule has 2 aromatic heterocycles. The summed E-state index contributed by atoms with van der Waals surface area (Å²) in [4.78, 5) is 29.4. The molecule has 0 unspecified atom stereocenters. The average molecular weight is 623 g/mol. The number of carbonyl (C=O) groups excluding carboxylic acids is 2. The second-order valence-corrected chi connectivity index (χ2v) is 9.86. The van der Waals surface area contributed by atoms with Crippen LogP contribution in [0, 0.1) is 13.8 Å². The van der Waals surface area contributed by atoms with Crippen LogP contribution in [0.1, 0.15) is 43.6 Å². The Bertz CT molecular complexity index is 1780. The highest BCUT2D eigenvalue weighted by Crippen LogP contribution is 2.23. The number of oxazole rings is 2. The van der Waals surface area contributed by atoms with Gasteiger partial charge in [0.25, 0.3) is 0 Å². The van der Waals surface area contributed by atoms with Crippen molar-refractivity contribution in [2.24, 2.45) is 0 Å². The van der Waals surface area contributed by atoms with E-state index in [9.17, 15) is 9.59 Å². The van der Waals surface area contributed by atoms with Gasteiger partial charge in [-0.25, -0.2) is 9.97 Å². The van der Waals surface area contributed by atoms with Gasteiger partial charge in [-0.2, -0.15) is 0 Å². The summed E-state index contributed by atoms with van der Waals surface area (Å²) in [6, 6.07) is 32.6. The zero-order valence-electron chi connectivity index (χ0n) is 24.7. The predicted molar refractivity (Wildman–Crippen MR) is 173 cm³/mol. The van der Waals surface area contributed by atoms with E-state index in [0.717, 1.165) is 46.6 Å². The fourth-order valence-electron chi connectivity index (χ4n) is 3.87. The number of nitrogens with zero attached hydrogens (tertiary/aromatic N) is 2. The van der Waals surface area contributed by atoms with Crippen LogP contribution in [0.3, 0.4) is 0 Å². The SMILES string of the molecule is Cc1oc(-c2ccccc2)nc1CCl.Cc1oc(-c2ccccc2)nc1COc1ccc(C=O)cc1.O=Cc1ccc(O)cc1. The summed E-state index contributed by atoms with van der Waals surface area (Å²) in [6.07, 6.45) is 1.54. The molecule has 4 aromatic carbocycles. The van der Waals surface area contributed by atoms with Crippen LogP contribution in [-0.2, 0) is 12.5 Å². The van der Waals surface area contributed by atoms with Gasteiger partial charge in [0.1, 0.15) is 47.9 Å². The molecule has 8 nitrogen and oxygen atoms in total. The van der Waals surface area contributed by atoms with Crippen LogP contribution in [0.2, 0.25) is 0 Å². The summed E-state index contributed by atoms with van der Waals surface area (Å²) in [5.74, 6) is 4.02. The minimum absolute atomic E-state index is 0.181. The fourth-order valence-corrected chi connectivity index (χ4v) is 4.12. The number of phenolic OH excluding ortho intramolecular Hbond substituents is 1. The Kier molecular flexibility index (Phi) is 11.8. The average Bonchev–Trinajstić information content (AvgIpc) is 3.67. The first-order valence-electron chi connectivity index (χ1n) is 13.9. The fraction of sp³-hybridized carbons (Fsp3) is 0.111. The van der Waals surface area contributed by atoms with E-state index in [0.29, 0.717) is 41.1 Å². The molecule has 0 saturated carbocycles. The molecule has 0 radical (unpaired) electrons. The maximum absolute atomic E-state index is 10.6. The number of hydrogen-bond donors (Lipinski definition) is 1. The Morgan fingerprint density at radius 2 is 1.11 bits per heavy atom. The molecule has 2 heterocycles. The van der Waals surface area contributed by atoms with Crippen molar-refractivity contribution in [1.29, 1.82) is 0 Å². The van der Waals surface area contributed by atoms with E-state index in [4.69, 9.17) is 30.3 Å². The first kappa shape index (κ1) is 32.4. The molecular formula is C36H31ClN2O6. The van der Waals surface area contributed by atoms with Crippen molar-refractivity contribution in [3.05, 3.63) is 143 Å². The van der Waals surface area contributed by atoms with Crippen molar-refractivity contribution >= 4 is 24.2 Å². The van der Waals surface area contributed by atoms with E-state index < -0.39 is 0 Å². The third kappa shape index (κ3) is 9.51. The first-order valence-corrected chi connectivity index (χ1v) is 14.4. The van der Waals surface area contributed by atoms with E-state index in [2.05, 4.69) is 9.97 Å². The second kappa shape index (κ2) is 16.4. The molecule has 228 valence electrons. The molecular weight excluding hydrogens is 592 g/mol. The second-order valence-electron chi connectivity index (χ2n) is 9.59. The summed E-state index contributed by atoms with van der Waals surface area (Å²) < 4.78 is 16.9. The topological polar surface area (TPSA) is 116 Å². The van der Waals surface area contributed by atoms with Crippen molar-refractivity contribution < 1.29 is 28.3 Å². The molecule has 0 fully saturated rings. The summed E-state index contributed by atoms with van der Waals surface area (Å²) in [5, 5.41) is 8.74. The van der Waals surface area contributed by atoms with Gasteiger partial charge in [0.05, 0.1) is 11.6 Å². The standard InChI is InChI=1S/C18H15NO3.C11H10ClNO.C7H6O2/c1-13-17(12-21-16-9-7-14(11-20)8-10-16)19-18(22-13)15-5-3-2-4-6-15;1-8-10(7-12)13-11(14-8)9-5-3-2-4-6-9;8-5-6-1-3-7(9)4-2-6/h2-11H,12H2,1H3;2-6H,7H2,1H3;1-5,9H. The Morgan fingerprint density at radius 3 is 1.56 bits per heavy atom. The summed E-state index contributed by atoms with van der Waals surface area (Å²) >= 11 is 5.71. The number of aryl methyl sites for hydroxylation is 2. The normalized spacial score (nSPS) is 10.1. The summed E-state index contributed by atoms with van der Waals surface area (Å²) in [5.41, 5.74) is 4.69. The maximum Gasteiger partial charge on any atom is 0.226 e. The highest BCUT2D eigenvalue weighted by molar-refractivity contribution is 6.17. The third-order valence-corrected chi connectivity index (χ3v) is 6.63. The van der Waals surface area contributed by atoms with Crippen LogP contribution in [0.5, 0.6) is 11.5 Å². The van der Waals surface area contributed by atoms with E-state index in [1.165, 1.54) is 12.1 Å². The monoisotopic (exact) mass is 622 g/mol. The highest BCUT2D eigenvalue weighted by atomic mass is 35.5. The van der Waals surface area contributed by atoms with E-state index in [1.807, 2.05) is 74.5 Å². The van der Waals surface area contributed by atoms with Crippen LogP contribution in [0.25, 0.3) is 22.9 Å². The van der Waals surface area contributed by atoms with Crippen LogP contribution >= 0.6 is 11.6 Å². The first-order chi connectivity index (χ1) is 21.9. The van der Waals surface area contributed by atoms with E-state index >= 15 is 0 Å². The lowest BCUT2D eigenvalue weighted by Gasteiger charge is -2.04. The van der Waals surface area contributed by atoms with Gasteiger partial charge in [-0.05, 0) is 86.6 Å². The largest absolute Gasteiger partial charge is 0.508 e. The summed E-state index contributed by atoms with van der Waals surface area (Å²) in [6.45, 7) is 4.06. The van der Waals surface area contributed by atoms with E-state index in [1.54, 1.807) is 36.4 Å². The molecule has 0 bridgehead atoms. The number of carbonyl (C=O) groups is 2. The van der Waals surface area contributed by atoms with Crippen LogP contribution in [0.15, 0.2) is 118 Å². The van der Waals surface area contributed by atoms with Crippen molar-refractivity contribution in [2.45, 2.75) is 26.3 Å². The minimum atomic E-state index is 0.181. The van der Waals surface area contributed by atoms with Crippen molar-refractivity contribution in [1.82, 2.24) is 9.97 Å². The zero-order valence-corrected chi connectivity index (χ0v) is 25.5. The molecule has 0 amide bonds. The smallest absolute Gasteiger partial charge is 0.226 e.